The number of aryl methyl sites for hydroxylation is 2. The van der Waals surface area contributed by atoms with E-state index >= 15 is 0 Å². The van der Waals surface area contributed by atoms with E-state index in [4.69, 9.17) is 0 Å². The molecule has 1 aromatic carbocycles. The highest BCUT2D eigenvalue weighted by Crippen LogP contribution is 2.35. The number of pyridine rings is 1. The highest BCUT2D eigenvalue weighted by molar-refractivity contribution is 5.80. The smallest absolute Gasteiger partial charge is 0.255 e. The molecule has 4 rings (SSSR count). The Morgan fingerprint density at radius 1 is 1.25 bits per heavy atom. The average molecular weight is 386 g/mol. The van der Waals surface area contributed by atoms with Crippen LogP contribution in [-0.4, -0.2) is 50.8 Å². The van der Waals surface area contributed by atoms with Crippen LogP contribution in [0.2, 0.25) is 0 Å². The Morgan fingerprint density at radius 2 is 2.04 bits per heavy atom. The topological polar surface area (TPSA) is 54.2 Å². The third kappa shape index (κ3) is 3.46. The standard InChI is InChI=1S/C21H24F2N4O/c1-13-8-14(2)19(18(28)9-13)17-5-4-15-10-27(25-20(15)24-17)12-16-11-26(3)7-6-21(16,22)23/h4-5,8-10,16,28H,6-7,11-12H2,1-3H3. The van der Waals surface area contributed by atoms with E-state index in [1.807, 2.05) is 44.0 Å². The van der Waals surface area contributed by atoms with Crippen molar-refractivity contribution >= 4 is 11.0 Å². The number of aromatic nitrogens is 3. The quantitative estimate of drug-likeness (QED) is 0.739. The Bertz CT molecular complexity index is 1010. The van der Waals surface area contributed by atoms with Gasteiger partial charge in [-0.2, -0.15) is 5.10 Å². The second kappa shape index (κ2) is 6.81. The summed E-state index contributed by atoms with van der Waals surface area (Å²) in [6, 6.07) is 7.38. The lowest BCUT2D eigenvalue weighted by molar-refractivity contribution is -0.107. The highest BCUT2D eigenvalue weighted by atomic mass is 19.3. The molecule has 1 aliphatic rings. The monoisotopic (exact) mass is 386 g/mol. The van der Waals surface area contributed by atoms with Crippen molar-refractivity contribution in [1.29, 1.82) is 0 Å². The Morgan fingerprint density at radius 3 is 2.79 bits per heavy atom. The minimum Gasteiger partial charge on any atom is -0.507 e. The first-order valence-electron chi connectivity index (χ1n) is 9.44. The average Bonchev–Trinajstić information content (AvgIpc) is 2.99. The van der Waals surface area contributed by atoms with Crippen molar-refractivity contribution in [2.24, 2.45) is 5.92 Å². The summed E-state index contributed by atoms with van der Waals surface area (Å²) in [4.78, 5) is 6.51. The molecule has 148 valence electrons. The van der Waals surface area contributed by atoms with Crippen molar-refractivity contribution < 1.29 is 13.9 Å². The number of halogens is 2. The van der Waals surface area contributed by atoms with Gasteiger partial charge in [0.25, 0.3) is 5.92 Å². The largest absolute Gasteiger partial charge is 0.507 e. The van der Waals surface area contributed by atoms with Crippen molar-refractivity contribution in [3.63, 3.8) is 0 Å². The molecule has 3 aromatic rings. The lowest BCUT2D eigenvalue weighted by Crippen LogP contribution is -2.47. The number of alkyl halides is 2. The van der Waals surface area contributed by atoms with Gasteiger partial charge in [-0.25, -0.2) is 13.8 Å². The maximum absolute atomic E-state index is 14.3. The number of rotatable bonds is 3. The number of fused-ring (bicyclic) bond motifs is 1. The molecule has 1 atom stereocenters. The molecule has 0 aliphatic carbocycles. The molecule has 1 aliphatic heterocycles. The Balaban J connectivity index is 1.66. The number of likely N-dealkylation sites (tertiary alicyclic amines) is 1. The number of hydrogen-bond donors (Lipinski definition) is 1. The second-order valence-corrected chi connectivity index (χ2v) is 7.91. The molecule has 7 heteroatoms. The fourth-order valence-corrected chi connectivity index (χ4v) is 4.02. The van der Waals surface area contributed by atoms with Gasteiger partial charge in [-0.3, -0.25) is 4.68 Å². The Hall–Kier alpha value is -2.54. The lowest BCUT2D eigenvalue weighted by atomic mass is 9.94. The molecule has 0 amide bonds. The van der Waals surface area contributed by atoms with Crippen LogP contribution in [0.15, 0.2) is 30.5 Å². The Labute approximate surface area is 162 Å². The van der Waals surface area contributed by atoms with Gasteiger partial charge in [-0.15, -0.1) is 0 Å². The van der Waals surface area contributed by atoms with Crippen LogP contribution in [0.3, 0.4) is 0 Å². The van der Waals surface area contributed by atoms with Gasteiger partial charge in [-0.1, -0.05) is 6.07 Å². The van der Waals surface area contributed by atoms with Crippen molar-refractivity contribution in [3.8, 4) is 17.0 Å². The first kappa shape index (κ1) is 18.8. The van der Waals surface area contributed by atoms with Crippen LogP contribution in [0, 0.1) is 19.8 Å². The molecule has 1 saturated heterocycles. The predicted molar refractivity (Wildman–Crippen MR) is 105 cm³/mol. The van der Waals surface area contributed by atoms with Gasteiger partial charge in [0.15, 0.2) is 5.65 Å². The molecule has 3 heterocycles. The third-order valence-corrected chi connectivity index (χ3v) is 5.50. The van der Waals surface area contributed by atoms with E-state index < -0.39 is 11.8 Å². The van der Waals surface area contributed by atoms with E-state index in [0.29, 0.717) is 30.0 Å². The number of nitrogens with zero attached hydrogens (tertiary/aromatic N) is 4. The van der Waals surface area contributed by atoms with E-state index in [0.717, 1.165) is 16.5 Å². The fraction of sp³-hybridized carbons (Fsp3) is 0.429. The Kier molecular flexibility index (Phi) is 4.57. The first-order chi connectivity index (χ1) is 13.2. The van der Waals surface area contributed by atoms with Gasteiger partial charge in [0.05, 0.1) is 18.2 Å². The number of phenolic OH excluding ortho intramolecular Hbond substituents is 1. The number of hydrogen-bond acceptors (Lipinski definition) is 4. The zero-order valence-electron chi connectivity index (χ0n) is 16.3. The van der Waals surface area contributed by atoms with E-state index in [9.17, 15) is 13.9 Å². The zero-order chi connectivity index (χ0) is 20.1. The van der Waals surface area contributed by atoms with Crippen LogP contribution in [0.25, 0.3) is 22.3 Å². The maximum atomic E-state index is 14.3. The van der Waals surface area contributed by atoms with Crippen LogP contribution in [0.4, 0.5) is 8.78 Å². The molecule has 0 bridgehead atoms. The van der Waals surface area contributed by atoms with Crippen LogP contribution >= 0.6 is 0 Å². The van der Waals surface area contributed by atoms with Crippen molar-refractivity contribution in [3.05, 3.63) is 41.6 Å². The normalized spacial score (nSPS) is 20.0. The number of phenols is 1. The van der Waals surface area contributed by atoms with Crippen LogP contribution in [-0.2, 0) is 6.54 Å². The first-order valence-corrected chi connectivity index (χ1v) is 9.44. The zero-order valence-corrected chi connectivity index (χ0v) is 16.3. The SMILES string of the molecule is Cc1cc(C)c(-c2ccc3cn(CC4CN(C)CCC4(F)F)nc3n2)c(O)c1. The summed E-state index contributed by atoms with van der Waals surface area (Å²) in [5.41, 5.74) is 3.68. The van der Waals surface area contributed by atoms with Crippen LogP contribution in [0.1, 0.15) is 17.5 Å². The van der Waals surface area contributed by atoms with Gasteiger partial charge in [0, 0.05) is 36.7 Å². The van der Waals surface area contributed by atoms with Gasteiger partial charge < -0.3 is 10.0 Å². The van der Waals surface area contributed by atoms with Gasteiger partial charge >= 0.3 is 0 Å². The number of benzene rings is 1. The molecule has 28 heavy (non-hydrogen) atoms. The van der Waals surface area contributed by atoms with Crippen molar-refractivity contribution in [2.45, 2.75) is 32.7 Å². The molecular formula is C21H24F2N4O. The minimum atomic E-state index is -2.69. The predicted octanol–water partition coefficient (Wildman–Crippen LogP) is 4.01. The summed E-state index contributed by atoms with van der Waals surface area (Å²) >= 11 is 0. The summed E-state index contributed by atoms with van der Waals surface area (Å²) in [6.07, 6.45) is 1.64. The van der Waals surface area contributed by atoms with Crippen LogP contribution < -0.4 is 0 Å². The summed E-state index contributed by atoms with van der Waals surface area (Å²) in [5, 5.41) is 15.6. The second-order valence-electron chi connectivity index (χ2n) is 7.91. The minimum absolute atomic E-state index is 0.122. The summed E-state index contributed by atoms with van der Waals surface area (Å²) < 4.78 is 30.1. The molecule has 0 saturated carbocycles. The van der Waals surface area contributed by atoms with Crippen molar-refractivity contribution in [1.82, 2.24) is 19.7 Å². The van der Waals surface area contributed by atoms with Gasteiger partial charge in [-0.05, 0) is 50.2 Å². The summed E-state index contributed by atoms with van der Waals surface area (Å²) in [7, 11) is 1.87. The van der Waals surface area contributed by atoms with Crippen LogP contribution in [0.5, 0.6) is 5.75 Å². The van der Waals surface area contributed by atoms with E-state index in [2.05, 4.69) is 10.1 Å². The van der Waals surface area contributed by atoms with Gasteiger partial charge in [0.1, 0.15) is 5.75 Å². The summed E-state index contributed by atoms with van der Waals surface area (Å²) in [5.74, 6) is -3.29. The molecule has 1 N–H and O–H groups in total. The fourth-order valence-electron chi connectivity index (χ4n) is 4.02. The third-order valence-electron chi connectivity index (χ3n) is 5.50. The highest BCUT2D eigenvalue weighted by Gasteiger charge is 2.43. The summed E-state index contributed by atoms with van der Waals surface area (Å²) in [6.45, 7) is 4.76. The number of piperidine rings is 1. The maximum Gasteiger partial charge on any atom is 0.255 e. The molecule has 0 spiro atoms. The molecule has 0 radical (unpaired) electrons. The molecule has 1 fully saturated rings. The number of aromatic hydroxyl groups is 1. The lowest BCUT2D eigenvalue weighted by Gasteiger charge is -2.36. The van der Waals surface area contributed by atoms with E-state index in [-0.39, 0.29) is 18.7 Å². The van der Waals surface area contributed by atoms with E-state index in [1.165, 1.54) is 0 Å². The molecule has 2 aromatic heterocycles. The molecular weight excluding hydrogens is 362 g/mol. The van der Waals surface area contributed by atoms with Crippen molar-refractivity contribution in [2.75, 3.05) is 20.1 Å². The molecule has 5 nitrogen and oxygen atoms in total. The van der Waals surface area contributed by atoms with Gasteiger partial charge in [0.2, 0.25) is 0 Å². The molecule has 1 unspecified atom stereocenters. The van der Waals surface area contributed by atoms with E-state index in [1.54, 1.807) is 16.9 Å².